The van der Waals surface area contributed by atoms with Crippen molar-refractivity contribution in [1.29, 1.82) is 0 Å². The molecule has 1 aliphatic heterocycles. The van der Waals surface area contributed by atoms with Crippen LogP contribution in [-0.2, 0) is 6.54 Å². The van der Waals surface area contributed by atoms with Gasteiger partial charge in [-0.2, -0.15) is 14.3 Å². The Bertz CT molecular complexity index is 842. The maximum atomic E-state index is 12.3. The van der Waals surface area contributed by atoms with Gasteiger partial charge in [-0.05, 0) is 69.6 Å². The Kier molecular flexibility index (Phi) is 6.78. The number of aryl methyl sites for hydroxylation is 1. The second kappa shape index (κ2) is 9.48. The minimum Gasteiger partial charge on any atom is -0.478 e. The van der Waals surface area contributed by atoms with Gasteiger partial charge >= 0.3 is 11.7 Å². The lowest BCUT2D eigenvalue weighted by Crippen LogP contribution is -2.51. The van der Waals surface area contributed by atoms with Gasteiger partial charge in [0.05, 0.1) is 18.3 Å². The molecule has 1 fully saturated rings. The van der Waals surface area contributed by atoms with Crippen molar-refractivity contribution in [2.45, 2.75) is 38.3 Å². The molecule has 8 heteroatoms. The predicted molar refractivity (Wildman–Crippen MR) is 107 cm³/mol. The molecular weight excluding hydrogens is 358 g/mol. The van der Waals surface area contributed by atoms with Crippen LogP contribution >= 0.6 is 0 Å². The zero-order valence-electron chi connectivity index (χ0n) is 15.9. The third kappa shape index (κ3) is 5.64. The van der Waals surface area contributed by atoms with Crippen LogP contribution in [0.25, 0.3) is 0 Å². The fourth-order valence-electron chi connectivity index (χ4n) is 3.36. The molecule has 0 saturated carbocycles. The van der Waals surface area contributed by atoms with E-state index in [9.17, 15) is 9.59 Å². The second-order valence-electron chi connectivity index (χ2n) is 7.25. The summed E-state index contributed by atoms with van der Waals surface area (Å²) < 4.78 is 1.67. The van der Waals surface area contributed by atoms with E-state index in [1.54, 1.807) is 29.0 Å². The molecule has 0 radical (unpaired) electrons. The molecule has 1 aromatic heterocycles. The van der Waals surface area contributed by atoms with Crippen molar-refractivity contribution in [3.05, 3.63) is 52.6 Å². The lowest BCUT2D eigenvalue weighted by atomic mass is 10.1. The monoisotopic (exact) mass is 386 g/mol. The minimum atomic E-state index is -0.968. The number of aromatic amines is 1. The van der Waals surface area contributed by atoms with Gasteiger partial charge in [0.2, 0.25) is 5.82 Å². The van der Waals surface area contributed by atoms with Gasteiger partial charge in [-0.1, -0.05) is 0 Å². The first-order chi connectivity index (χ1) is 13.5. The molecule has 0 unspecified atom stereocenters. The molecule has 150 valence electrons. The Hall–Kier alpha value is -2.71. The van der Waals surface area contributed by atoms with Gasteiger partial charge in [-0.15, -0.1) is 0 Å². The number of benzene rings is 1. The van der Waals surface area contributed by atoms with E-state index in [1.807, 2.05) is 0 Å². The van der Waals surface area contributed by atoms with E-state index in [2.05, 4.69) is 15.2 Å². The number of aromatic carboxylic acids is 1. The number of nitrogens with one attached hydrogen (secondary N) is 2. The number of rotatable bonds is 8. The summed E-state index contributed by atoms with van der Waals surface area (Å²) in [6, 6.07) is 8.52. The summed E-state index contributed by atoms with van der Waals surface area (Å²) in [5.41, 5.74) is 6.68. The second-order valence-corrected chi connectivity index (χ2v) is 7.25. The van der Waals surface area contributed by atoms with E-state index in [0.717, 1.165) is 45.3 Å². The van der Waals surface area contributed by atoms with Gasteiger partial charge < -0.3 is 21.1 Å². The van der Waals surface area contributed by atoms with Crippen LogP contribution in [0.1, 0.15) is 36.0 Å². The van der Waals surface area contributed by atoms with E-state index in [0.29, 0.717) is 24.1 Å². The molecule has 0 amide bonds. The normalized spacial score (nSPS) is 15.5. The number of anilines is 2. The molecule has 0 aliphatic carbocycles. The van der Waals surface area contributed by atoms with Crippen LogP contribution in [-0.4, -0.2) is 46.6 Å². The summed E-state index contributed by atoms with van der Waals surface area (Å²) in [5, 5.41) is 12.0. The SMILES string of the molecule is NC1CCN(CCCC[n+]2ccc(Nc3ccc(C(=O)O)cc3)[nH]c2=O)CC1. The van der Waals surface area contributed by atoms with E-state index in [-0.39, 0.29) is 11.3 Å². The molecule has 0 atom stereocenters. The number of hydrogen-bond donors (Lipinski definition) is 4. The highest BCUT2D eigenvalue weighted by atomic mass is 16.4. The average molecular weight is 386 g/mol. The molecule has 28 heavy (non-hydrogen) atoms. The number of carbonyl (C=O) groups is 1. The van der Waals surface area contributed by atoms with Crippen molar-refractivity contribution in [2.24, 2.45) is 5.73 Å². The lowest BCUT2D eigenvalue weighted by molar-refractivity contribution is -0.714. The summed E-state index contributed by atoms with van der Waals surface area (Å²) >= 11 is 0. The molecular formula is C20H28N5O3+. The van der Waals surface area contributed by atoms with Crippen molar-refractivity contribution in [3.63, 3.8) is 0 Å². The highest BCUT2D eigenvalue weighted by molar-refractivity contribution is 5.88. The number of nitrogens with zero attached hydrogens (tertiary/aromatic N) is 2. The number of aromatic nitrogens is 2. The zero-order chi connectivity index (χ0) is 19.9. The number of hydrogen-bond acceptors (Lipinski definition) is 5. The Morgan fingerprint density at radius 1 is 1.21 bits per heavy atom. The maximum Gasteiger partial charge on any atom is 0.497 e. The van der Waals surface area contributed by atoms with Gasteiger partial charge in [0.15, 0.2) is 0 Å². The zero-order valence-corrected chi connectivity index (χ0v) is 15.9. The number of likely N-dealkylation sites (tertiary alicyclic amines) is 1. The largest absolute Gasteiger partial charge is 0.497 e. The van der Waals surface area contributed by atoms with Crippen LogP contribution in [0.3, 0.4) is 0 Å². The highest BCUT2D eigenvalue weighted by Gasteiger charge is 2.15. The van der Waals surface area contributed by atoms with Gasteiger partial charge in [0.1, 0.15) is 0 Å². The quantitative estimate of drug-likeness (QED) is 0.402. The van der Waals surface area contributed by atoms with Crippen LogP contribution in [0.4, 0.5) is 11.5 Å². The first kappa shape index (κ1) is 20.0. The number of H-pyrrole nitrogens is 1. The topological polar surface area (TPSA) is 115 Å². The maximum absolute atomic E-state index is 12.3. The van der Waals surface area contributed by atoms with Crippen LogP contribution in [0, 0.1) is 0 Å². The Labute approximate surface area is 164 Å². The van der Waals surface area contributed by atoms with Crippen molar-refractivity contribution < 1.29 is 14.5 Å². The van der Waals surface area contributed by atoms with Gasteiger partial charge in [-0.3, -0.25) is 0 Å². The first-order valence-corrected chi connectivity index (χ1v) is 9.72. The third-order valence-electron chi connectivity index (χ3n) is 5.09. The number of nitrogens with two attached hydrogens (primary N) is 1. The number of carboxylic acid groups (broad SMARTS) is 1. The van der Waals surface area contributed by atoms with Crippen LogP contribution < -0.4 is 21.3 Å². The smallest absolute Gasteiger partial charge is 0.478 e. The first-order valence-electron chi connectivity index (χ1n) is 9.72. The lowest BCUT2D eigenvalue weighted by Gasteiger charge is -2.29. The van der Waals surface area contributed by atoms with Crippen LogP contribution in [0.15, 0.2) is 41.3 Å². The van der Waals surface area contributed by atoms with Gasteiger partial charge in [0.25, 0.3) is 0 Å². The fourth-order valence-corrected chi connectivity index (χ4v) is 3.36. The number of carboxylic acids is 1. The molecule has 1 aliphatic rings. The third-order valence-corrected chi connectivity index (χ3v) is 5.09. The molecule has 0 spiro atoms. The van der Waals surface area contributed by atoms with Crippen molar-refractivity contribution in [2.75, 3.05) is 25.0 Å². The average Bonchev–Trinajstić information content (AvgIpc) is 2.68. The summed E-state index contributed by atoms with van der Waals surface area (Å²) in [5.74, 6) is -0.404. The molecule has 2 heterocycles. The molecule has 3 rings (SSSR count). The molecule has 0 bridgehead atoms. The van der Waals surface area contributed by atoms with E-state index in [1.165, 1.54) is 12.1 Å². The minimum absolute atomic E-state index is 0.170. The van der Waals surface area contributed by atoms with Crippen molar-refractivity contribution in [3.8, 4) is 0 Å². The standard InChI is InChI=1S/C20H27N5O3/c21-16-7-12-24(13-8-16)10-1-2-11-25-14-9-18(23-20(25)28)22-17-5-3-15(4-6-17)19(26)27/h3-6,9,14,16H,1-2,7-8,10-13,21H2,(H2,22,23,26,27,28)/p+1. The summed E-state index contributed by atoms with van der Waals surface area (Å²) in [7, 11) is 0. The number of piperidine rings is 1. The van der Waals surface area contributed by atoms with Crippen molar-refractivity contribution >= 4 is 17.5 Å². The summed E-state index contributed by atoms with van der Waals surface area (Å²) in [4.78, 5) is 28.4. The Morgan fingerprint density at radius 2 is 1.93 bits per heavy atom. The fraction of sp³-hybridized carbons (Fsp3) is 0.450. The summed E-state index contributed by atoms with van der Waals surface area (Å²) in [6.45, 7) is 3.87. The number of unbranched alkanes of at least 4 members (excludes halogenated alkanes) is 1. The molecule has 1 saturated heterocycles. The molecule has 2 aromatic rings. The van der Waals surface area contributed by atoms with Gasteiger partial charge in [-0.25, -0.2) is 4.79 Å². The molecule has 8 nitrogen and oxygen atoms in total. The molecule has 5 N–H and O–H groups in total. The van der Waals surface area contributed by atoms with Gasteiger partial charge in [0, 0.05) is 17.8 Å². The van der Waals surface area contributed by atoms with Crippen LogP contribution in [0.2, 0.25) is 0 Å². The van der Waals surface area contributed by atoms with E-state index < -0.39 is 5.97 Å². The summed E-state index contributed by atoms with van der Waals surface area (Å²) in [6.07, 6.45) is 5.91. The highest BCUT2D eigenvalue weighted by Crippen LogP contribution is 2.14. The van der Waals surface area contributed by atoms with Crippen LogP contribution in [0.5, 0.6) is 0 Å². The Morgan fingerprint density at radius 3 is 2.57 bits per heavy atom. The molecule has 1 aromatic carbocycles. The Balaban J connectivity index is 1.47. The van der Waals surface area contributed by atoms with Crippen molar-refractivity contribution in [1.82, 2.24) is 9.88 Å². The van der Waals surface area contributed by atoms with E-state index >= 15 is 0 Å². The van der Waals surface area contributed by atoms with E-state index in [4.69, 9.17) is 10.8 Å². The predicted octanol–water partition coefficient (Wildman–Crippen LogP) is 1.31.